The highest BCUT2D eigenvalue weighted by Crippen LogP contribution is 2.29. The number of rotatable bonds is 3. The van der Waals surface area contributed by atoms with E-state index in [2.05, 4.69) is 36.3 Å². The zero-order valence-corrected chi connectivity index (χ0v) is 16.1. The number of nitrogens with one attached hydrogen (secondary N) is 2. The minimum Gasteiger partial charge on any atom is -0.459 e. The van der Waals surface area contributed by atoms with Gasteiger partial charge in [0, 0.05) is 11.1 Å². The molecule has 7 heteroatoms. The third-order valence-corrected chi connectivity index (χ3v) is 4.91. The molecule has 4 rings (SSSR count). The topological polar surface area (TPSA) is 91.2 Å². The van der Waals surface area contributed by atoms with E-state index in [-0.39, 0.29) is 17.2 Å². The SMILES string of the molecule is CC(C)(C)c1ccc(C(=O)Nc2[nH]nc3c2CN(C(=O)c2ccco2)C3)cc1. The number of benzene rings is 1. The van der Waals surface area contributed by atoms with Crippen molar-refractivity contribution < 1.29 is 14.0 Å². The Morgan fingerprint density at radius 2 is 1.89 bits per heavy atom. The molecule has 0 radical (unpaired) electrons. The van der Waals surface area contributed by atoms with Gasteiger partial charge in [0.05, 0.1) is 25.0 Å². The van der Waals surface area contributed by atoms with Gasteiger partial charge in [-0.15, -0.1) is 0 Å². The Labute approximate surface area is 162 Å². The first-order chi connectivity index (χ1) is 13.3. The van der Waals surface area contributed by atoms with Crippen molar-refractivity contribution in [1.29, 1.82) is 0 Å². The third kappa shape index (κ3) is 3.31. The maximum atomic E-state index is 12.6. The number of carbonyl (C=O) groups excluding carboxylic acids is 2. The van der Waals surface area contributed by atoms with Gasteiger partial charge >= 0.3 is 0 Å². The number of amides is 2. The number of furan rings is 1. The van der Waals surface area contributed by atoms with Crippen LogP contribution in [-0.4, -0.2) is 26.9 Å². The molecular formula is C21H22N4O3. The summed E-state index contributed by atoms with van der Waals surface area (Å²) in [5.41, 5.74) is 3.33. The van der Waals surface area contributed by atoms with Crippen LogP contribution in [0.25, 0.3) is 0 Å². The van der Waals surface area contributed by atoms with E-state index in [1.165, 1.54) is 11.8 Å². The Morgan fingerprint density at radius 3 is 2.54 bits per heavy atom. The molecule has 28 heavy (non-hydrogen) atoms. The highest BCUT2D eigenvalue weighted by Gasteiger charge is 2.30. The summed E-state index contributed by atoms with van der Waals surface area (Å²) in [6.07, 6.45) is 1.47. The zero-order valence-electron chi connectivity index (χ0n) is 16.1. The van der Waals surface area contributed by atoms with E-state index in [0.717, 1.165) is 11.3 Å². The van der Waals surface area contributed by atoms with Crippen LogP contribution in [0, 0.1) is 0 Å². The van der Waals surface area contributed by atoms with Gasteiger partial charge in [0.2, 0.25) is 0 Å². The zero-order chi connectivity index (χ0) is 19.9. The molecule has 2 aromatic heterocycles. The maximum Gasteiger partial charge on any atom is 0.290 e. The molecule has 0 fully saturated rings. The Kier molecular flexibility index (Phi) is 4.30. The second kappa shape index (κ2) is 6.67. The number of hydrogen-bond acceptors (Lipinski definition) is 4. The molecule has 0 bridgehead atoms. The van der Waals surface area contributed by atoms with Gasteiger partial charge < -0.3 is 14.6 Å². The first-order valence-electron chi connectivity index (χ1n) is 9.14. The lowest BCUT2D eigenvalue weighted by Gasteiger charge is -2.19. The predicted octanol–water partition coefficient (Wildman–Crippen LogP) is 3.71. The average molecular weight is 378 g/mol. The summed E-state index contributed by atoms with van der Waals surface area (Å²) in [4.78, 5) is 26.7. The molecule has 0 saturated carbocycles. The number of aromatic nitrogens is 2. The van der Waals surface area contributed by atoms with Crippen LogP contribution < -0.4 is 5.32 Å². The molecule has 3 heterocycles. The Balaban J connectivity index is 1.47. The van der Waals surface area contributed by atoms with Crippen molar-refractivity contribution in [3.05, 3.63) is 70.8 Å². The highest BCUT2D eigenvalue weighted by atomic mass is 16.3. The Bertz CT molecular complexity index is 1010. The fraction of sp³-hybridized carbons (Fsp3) is 0.286. The molecule has 2 N–H and O–H groups in total. The Hall–Kier alpha value is -3.35. The van der Waals surface area contributed by atoms with Gasteiger partial charge in [-0.25, -0.2) is 0 Å². The molecule has 0 atom stereocenters. The van der Waals surface area contributed by atoms with Crippen molar-refractivity contribution in [3.8, 4) is 0 Å². The fourth-order valence-corrected chi connectivity index (χ4v) is 3.24. The van der Waals surface area contributed by atoms with Crippen LogP contribution in [-0.2, 0) is 18.5 Å². The largest absolute Gasteiger partial charge is 0.459 e. The summed E-state index contributed by atoms with van der Waals surface area (Å²) in [6, 6.07) is 10.9. The quantitative estimate of drug-likeness (QED) is 0.727. The standard InChI is InChI=1S/C21H22N4O3/c1-21(2,3)14-8-6-13(7-9-14)19(26)22-18-15-11-25(12-16(15)23-24-18)20(27)17-5-4-10-28-17/h4-10H,11-12H2,1-3H3,(H2,22,23,24,26). The van der Waals surface area contributed by atoms with Crippen molar-refractivity contribution in [1.82, 2.24) is 15.1 Å². The van der Waals surface area contributed by atoms with Crippen LogP contribution in [0.1, 0.15) is 58.5 Å². The predicted molar refractivity (Wildman–Crippen MR) is 104 cm³/mol. The second-order valence-corrected chi connectivity index (χ2v) is 7.94. The number of carbonyl (C=O) groups is 2. The van der Waals surface area contributed by atoms with E-state index in [1.807, 2.05) is 24.3 Å². The number of aromatic amines is 1. The minimum atomic E-state index is -0.220. The molecule has 0 saturated heterocycles. The molecule has 7 nitrogen and oxygen atoms in total. The van der Waals surface area contributed by atoms with Crippen molar-refractivity contribution in [2.24, 2.45) is 0 Å². The van der Waals surface area contributed by atoms with Gasteiger partial charge in [-0.3, -0.25) is 14.7 Å². The smallest absolute Gasteiger partial charge is 0.290 e. The van der Waals surface area contributed by atoms with Crippen LogP contribution >= 0.6 is 0 Å². The number of nitrogens with zero attached hydrogens (tertiary/aromatic N) is 2. The van der Waals surface area contributed by atoms with E-state index in [4.69, 9.17) is 4.42 Å². The van der Waals surface area contributed by atoms with Gasteiger partial charge in [0.15, 0.2) is 5.76 Å². The summed E-state index contributed by atoms with van der Waals surface area (Å²) in [5, 5.41) is 9.98. The number of hydrogen-bond donors (Lipinski definition) is 2. The van der Waals surface area contributed by atoms with Crippen molar-refractivity contribution >= 4 is 17.6 Å². The maximum absolute atomic E-state index is 12.6. The summed E-state index contributed by atoms with van der Waals surface area (Å²) >= 11 is 0. The van der Waals surface area contributed by atoms with Gasteiger partial charge in [-0.05, 0) is 35.2 Å². The highest BCUT2D eigenvalue weighted by molar-refractivity contribution is 6.04. The van der Waals surface area contributed by atoms with Gasteiger partial charge in [-0.2, -0.15) is 5.10 Å². The van der Waals surface area contributed by atoms with E-state index in [9.17, 15) is 9.59 Å². The fourth-order valence-electron chi connectivity index (χ4n) is 3.24. The molecule has 0 aliphatic carbocycles. The number of fused-ring (bicyclic) bond motifs is 1. The molecule has 1 aliphatic heterocycles. The molecule has 0 unspecified atom stereocenters. The summed E-state index contributed by atoms with van der Waals surface area (Å²) < 4.78 is 5.18. The van der Waals surface area contributed by atoms with E-state index in [0.29, 0.717) is 30.2 Å². The molecule has 2 amide bonds. The molecule has 1 aromatic carbocycles. The van der Waals surface area contributed by atoms with Gasteiger partial charge in [0.25, 0.3) is 11.8 Å². The van der Waals surface area contributed by atoms with E-state index >= 15 is 0 Å². The molecule has 1 aliphatic rings. The average Bonchev–Trinajstić information content (AvgIpc) is 3.39. The third-order valence-electron chi connectivity index (χ3n) is 4.91. The molecular weight excluding hydrogens is 356 g/mol. The lowest BCUT2D eigenvalue weighted by Crippen LogP contribution is -2.25. The van der Waals surface area contributed by atoms with Crippen molar-refractivity contribution in [3.63, 3.8) is 0 Å². The van der Waals surface area contributed by atoms with Crippen LogP contribution in [0.3, 0.4) is 0 Å². The number of H-pyrrole nitrogens is 1. The first kappa shape index (κ1) is 18.0. The number of anilines is 1. The van der Waals surface area contributed by atoms with E-state index < -0.39 is 0 Å². The van der Waals surface area contributed by atoms with Crippen LogP contribution in [0.4, 0.5) is 5.82 Å². The minimum absolute atomic E-state index is 0.0309. The Morgan fingerprint density at radius 1 is 1.14 bits per heavy atom. The normalized spacial score (nSPS) is 13.5. The second-order valence-electron chi connectivity index (χ2n) is 7.94. The molecule has 144 valence electrons. The molecule has 3 aromatic rings. The monoisotopic (exact) mass is 378 g/mol. The lowest BCUT2D eigenvalue weighted by molar-refractivity contribution is 0.0717. The summed E-state index contributed by atoms with van der Waals surface area (Å²) in [7, 11) is 0. The van der Waals surface area contributed by atoms with Gasteiger partial charge in [-0.1, -0.05) is 32.9 Å². The van der Waals surface area contributed by atoms with Crippen LogP contribution in [0.15, 0.2) is 47.1 Å². The van der Waals surface area contributed by atoms with Gasteiger partial charge in [0.1, 0.15) is 5.82 Å². The lowest BCUT2D eigenvalue weighted by atomic mass is 9.87. The van der Waals surface area contributed by atoms with Crippen molar-refractivity contribution in [2.75, 3.05) is 5.32 Å². The van der Waals surface area contributed by atoms with Crippen LogP contribution in [0.5, 0.6) is 0 Å². The van der Waals surface area contributed by atoms with Crippen LogP contribution in [0.2, 0.25) is 0 Å². The van der Waals surface area contributed by atoms with Crippen molar-refractivity contribution in [2.45, 2.75) is 39.3 Å². The molecule has 0 spiro atoms. The first-order valence-corrected chi connectivity index (χ1v) is 9.14. The summed E-state index contributed by atoms with van der Waals surface area (Å²) in [5.74, 6) is 0.397. The summed E-state index contributed by atoms with van der Waals surface area (Å²) in [6.45, 7) is 7.13. The van der Waals surface area contributed by atoms with E-state index in [1.54, 1.807) is 17.0 Å².